The molecule has 1 amide bonds. The lowest BCUT2D eigenvalue weighted by Gasteiger charge is -2.07. The number of nitrogens with one attached hydrogen (secondary N) is 1. The van der Waals surface area contributed by atoms with Crippen LogP contribution >= 0.6 is 11.8 Å². The first-order valence-electron chi connectivity index (χ1n) is 8.42. The highest BCUT2D eigenvalue weighted by Crippen LogP contribution is 2.22. The van der Waals surface area contributed by atoms with E-state index in [2.05, 4.69) is 5.32 Å². The fraction of sp³-hybridized carbons (Fsp3) is 0.0909. The summed E-state index contributed by atoms with van der Waals surface area (Å²) in [7, 11) is 1.62. The van der Waals surface area contributed by atoms with Gasteiger partial charge < -0.3 is 10.1 Å². The van der Waals surface area contributed by atoms with E-state index in [1.807, 2.05) is 42.5 Å². The lowest BCUT2D eigenvalue weighted by atomic mass is 10.1. The van der Waals surface area contributed by atoms with Crippen molar-refractivity contribution >= 4 is 29.1 Å². The fourth-order valence-corrected chi connectivity index (χ4v) is 3.23. The third-order valence-corrected chi connectivity index (χ3v) is 4.94. The van der Waals surface area contributed by atoms with E-state index in [1.54, 1.807) is 43.5 Å². The van der Waals surface area contributed by atoms with Gasteiger partial charge in [0.25, 0.3) is 5.91 Å². The minimum absolute atomic E-state index is 0.0387. The normalized spacial score (nSPS) is 10.3. The van der Waals surface area contributed by atoms with Gasteiger partial charge in [-0.15, -0.1) is 11.8 Å². The SMILES string of the molecule is COc1ccc(SCC(=O)c2ccc(NC(=O)c3ccccc3)cc2)cc1. The van der Waals surface area contributed by atoms with E-state index < -0.39 is 0 Å². The maximum Gasteiger partial charge on any atom is 0.255 e. The van der Waals surface area contributed by atoms with Gasteiger partial charge in [-0.05, 0) is 60.7 Å². The van der Waals surface area contributed by atoms with Crippen molar-refractivity contribution in [3.8, 4) is 5.75 Å². The third kappa shape index (κ3) is 5.21. The summed E-state index contributed by atoms with van der Waals surface area (Å²) in [6.07, 6.45) is 0. The highest BCUT2D eigenvalue weighted by Gasteiger charge is 2.09. The second kappa shape index (κ2) is 9.05. The smallest absolute Gasteiger partial charge is 0.255 e. The molecule has 3 aromatic rings. The molecule has 5 heteroatoms. The molecular formula is C22H19NO3S. The molecule has 0 spiro atoms. The predicted molar refractivity (Wildman–Crippen MR) is 109 cm³/mol. The molecule has 136 valence electrons. The molecule has 4 nitrogen and oxygen atoms in total. The van der Waals surface area contributed by atoms with Crippen molar-refractivity contribution in [3.05, 3.63) is 90.0 Å². The molecule has 27 heavy (non-hydrogen) atoms. The number of methoxy groups -OCH3 is 1. The molecule has 0 heterocycles. The average molecular weight is 377 g/mol. The molecule has 0 unspecified atom stereocenters. The van der Waals surface area contributed by atoms with Gasteiger partial charge in [0, 0.05) is 21.7 Å². The van der Waals surface area contributed by atoms with Crippen molar-refractivity contribution in [2.45, 2.75) is 4.90 Å². The van der Waals surface area contributed by atoms with Crippen LogP contribution in [0.5, 0.6) is 5.75 Å². The van der Waals surface area contributed by atoms with Gasteiger partial charge in [-0.2, -0.15) is 0 Å². The lowest BCUT2D eigenvalue weighted by molar-refractivity contribution is 0.101. The van der Waals surface area contributed by atoms with E-state index in [-0.39, 0.29) is 11.7 Å². The van der Waals surface area contributed by atoms with E-state index in [4.69, 9.17) is 4.74 Å². The summed E-state index contributed by atoms with van der Waals surface area (Å²) < 4.78 is 5.12. The Morgan fingerprint density at radius 1 is 0.852 bits per heavy atom. The number of Topliss-reactive ketones (excluding diaryl/α,β-unsaturated/α-hetero) is 1. The number of ketones is 1. The van der Waals surface area contributed by atoms with Crippen LogP contribution < -0.4 is 10.1 Å². The fourth-order valence-electron chi connectivity index (χ4n) is 2.44. The van der Waals surface area contributed by atoms with Crippen molar-refractivity contribution in [2.24, 2.45) is 0 Å². The number of benzene rings is 3. The highest BCUT2D eigenvalue weighted by atomic mass is 32.2. The summed E-state index contributed by atoms with van der Waals surface area (Å²) in [5.41, 5.74) is 1.87. The number of carbonyl (C=O) groups is 2. The number of ether oxygens (including phenoxy) is 1. The molecule has 0 saturated carbocycles. The second-order valence-corrected chi connectivity index (χ2v) is 6.83. The van der Waals surface area contributed by atoms with Gasteiger partial charge in [0.1, 0.15) is 5.75 Å². The van der Waals surface area contributed by atoms with Crippen molar-refractivity contribution in [3.63, 3.8) is 0 Å². The standard InChI is InChI=1S/C22H19NO3S/c1-26-19-11-13-20(14-12-19)27-15-21(24)16-7-9-18(10-8-16)23-22(25)17-5-3-2-4-6-17/h2-14H,15H2,1H3,(H,23,25). The number of rotatable bonds is 7. The summed E-state index contributed by atoms with van der Waals surface area (Å²) in [5, 5.41) is 2.83. The topological polar surface area (TPSA) is 55.4 Å². The van der Waals surface area contributed by atoms with Gasteiger partial charge in [-0.25, -0.2) is 0 Å². The highest BCUT2D eigenvalue weighted by molar-refractivity contribution is 8.00. The number of hydrogen-bond donors (Lipinski definition) is 1. The van der Waals surface area contributed by atoms with E-state index in [9.17, 15) is 9.59 Å². The summed E-state index contributed by atoms with van der Waals surface area (Å²) in [5.74, 6) is 1.00. The molecule has 0 bridgehead atoms. The quantitative estimate of drug-likeness (QED) is 0.469. The van der Waals surface area contributed by atoms with Crippen LogP contribution in [0.2, 0.25) is 0 Å². The molecule has 3 rings (SSSR count). The molecule has 0 saturated heterocycles. The third-order valence-electron chi connectivity index (χ3n) is 3.93. The van der Waals surface area contributed by atoms with E-state index in [0.29, 0.717) is 22.6 Å². The van der Waals surface area contributed by atoms with Crippen LogP contribution in [0.1, 0.15) is 20.7 Å². The Balaban J connectivity index is 1.56. The first-order chi connectivity index (χ1) is 13.2. The first-order valence-corrected chi connectivity index (χ1v) is 9.41. The maximum atomic E-state index is 12.4. The molecule has 0 aliphatic heterocycles. The van der Waals surface area contributed by atoms with Crippen LogP contribution in [0.25, 0.3) is 0 Å². The van der Waals surface area contributed by atoms with E-state index in [0.717, 1.165) is 10.6 Å². The molecule has 1 N–H and O–H groups in total. The number of anilines is 1. The van der Waals surface area contributed by atoms with Crippen molar-refractivity contribution in [1.29, 1.82) is 0 Å². The summed E-state index contributed by atoms with van der Waals surface area (Å²) in [6.45, 7) is 0. The second-order valence-electron chi connectivity index (χ2n) is 5.78. The maximum absolute atomic E-state index is 12.4. The molecule has 0 atom stereocenters. The van der Waals surface area contributed by atoms with Crippen molar-refractivity contribution in [2.75, 3.05) is 18.2 Å². The molecule has 0 aromatic heterocycles. The molecular weight excluding hydrogens is 358 g/mol. The van der Waals surface area contributed by atoms with Crippen molar-refractivity contribution in [1.82, 2.24) is 0 Å². The minimum atomic E-state index is -0.176. The Morgan fingerprint density at radius 2 is 1.52 bits per heavy atom. The van der Waals surface area contributed by atoms with Gasteiger partial charge in [-0.3, -0.25) is 9.59 Å². The van der Waals surface area contributed by atoms with Gasteiger partial charge in [0.05, 0.1) is 12.9 Å². The van der Waals surface area contributed by atoms with Crippen LogP contribution in [0.15, 0.2) is 83.8 Å². The van der Waals surface area contributed by atoms with Gasteiger partial charge in [0.2, 0.25) is 0 Å². The zero-order valence-corrected chi connectivity index (χ0v) is 15.7. The zero-order valence-electron chi connectivity index (χ0n) is 14.8. The zero-order chi connectivity index (χ0) is 19.1. The number of carbonyl (C=O) groups excluding carboxylic acids is 2. The Hall–Kier alpha value is -3.05. The number of thioether (sulfide) groups is 1. The summed E-state index contributed by atoms with van der Waals surface area (Å²) in [6, 6.07) is 23.6. The Bertz CT molecular complexity index is 907. The van der Waals surface area contributed by atoms with Crippen LogP contribution in [0, 0.1) is 0 Å². The molecule has 0 aliphatic rings. The monoisotopic (exact) mass is 377 g/mol. The Morgan fingerprint density at radius 3 is 2.15 bits per heavy atom. The van der Waals surface area contributed by atoms with Gasteiger partial charge in [0.15, 0.2) is 5.78 Å². The molecule has 0 fully saturated rings. The Kier molecular flexibility index (Phi) is 6.28. The summed E-state index contributed by atoms with van der Waals surface area (Å²) in [4.78, 5) is 25.5. The van der Waals surface area contributed by atoms with E-state index in [1.165, 1.54) is 11.8 Å². The van der Waals surface area contributed by atoms with Crippen LogP contribution in [-0.2, 0) is 0 Å². The lowest BCUT2D eigenvalue weighted by Crippen LogP contribution is -2.11. The van der Waals surface area contributed by atoms with Gasteiger partial charge >= 0.3 is 0 Å². The molecule has 3 aromatic carbocycles. The number of hydrogen-bond acceptors (Lipinski definition) is 4. The van der Waals surface area contributed by atoms with Crippen LogP contribution in [0.4, 0.5) is 5.69 Å². The molecule has 0 aliphatic carbocycles. The van der Waals surface area contributed by atoms with Crippen LogP contribution in [0.3, 0.4) is 0 Å². The van der Waals surface area contributed by atoms with Crippen molar-refractivity contribution < 1.29 is 14.3 Å². The van der Waals surface area contributed by atoms with E-state index >= 15 is 0 Å². The Labute approximate surface area is 162 Å². The summed E-state index contributed by atoms with van der Waals surface area (Å²) >= 11 is 1.48. The largest absolute Gasteiger partial charge is 0.497 e. The molecule has 0 radical (unpaired) electrons. The van der Waals surface area contributed by atoms with Gasteiger partial charge in [-0.1, -0.05) is 18.2 Å². The average Bonchev–Trinajstić information content (AvgIpc) is 2.73. The number of amides is 1. The first kappa shape index (κ1) is 18.7. The predicted octanol–water partition coefficient (Wildman–Crippen LogP) is 4.92. The van der Waals surface area contributed by atoms with Crippen LogP contribution in [-0.4, -0.2) is 24.6 Å². The minimum Gasteiger partial charge on any atom is -0.497 e.